The monoisotopic (exact) mass is 389 g/mol. The summed E-state index contributed by atoms with van der Waals surface area (Å²) >= 11 is 0. The lowest BCUT2D eigenvalue weighted by Gasteiger charge is -2.33. The SMILES string of the molecule is CC(C)(C)OC(=O)N1CCC(C2CC2CC(O)COCc2ccccc2)CC1. The van der Waals surface area contributed by atoms with Crippen LogP contribution in [0.1, 0.15) is 52.0 Å². The molecule has 1 aromatic carbocycles. The maximum atomic E-state index is 12.2. The van der Waals surface area contributed by atoms with Gasteiger partial charge in [-0.05, 0) is 69.8 Å². The topological polar surface area (TPSA) is 59.0 Å². The van der Waals surface area contributed by atoms with Crippen LogP contribution >= 0.6 is 0 Å². The number of aliphatic hydroxyl groups is 1. The van der Waals surface area contributed by atoms with E-state index in [2.05, 4.69) is 0 Å². The summed E-state index contributed by atoms with van der Waals surface area (Å²) < 4.78 is 11.1. The molecule has 0 bridgehead atoms. The molecule has 1 saturated heterocycles. The maximum absolute atomic E-state index is 12.2. The van der Waals surface area contributed by atoms with Crippen LogP contribution in [-0.4, -0.2) is 47.5 Å². The molecule has 0 radical (unpaired) electrons. The van der Waals surface area contributed by atoms with Gasteiger partial charge in [0.15, 0.2) is 0 Å². The number of ether oxygens (including phenoxy) is 2. The molecule has 28 heavy (non-hydrogen) atoms. The summed E-state index contributed by atoms with van der Waals surface area (Å²) in [5, 5.41) is 10.3. The van der Waals surface area contributed by atoms with E-state index < -0.39 is 5.60 Å². The Labute approximate surface area is 169 Å². The predicted octanol–water partition coefficient (Wildman–Crippen LogP) is 4.24. The fourth-order valence-corrected chi connectivity index (χ4v) is 4.26. The molecule has 5 heteroatoms. The van der Waals surface area contributed by atoms with Crippen LogP contribution in [0.15, 0.2) is 30.3 Å². The van der Waals surface area contributed by atoms with Gasteiger partial charge in [0, 0.05) is 13.1 Å². The molecule has 1 saturated carbocycles. The van der Waals surface area contributed by atoms with Crippen molar-refractivity contribution >= 4 is 6.09 Å². The molecule has 1 aromatic rings. The van der Waals surface area contributed by atoms with Crippen molar-refractivity contribution in [3.63, 3.8) is 0 Å². The number of likely N-dealkylation sites (tertiary alicyclic amines) is 1. The second-order valence-corrected chi connectivity index (χ2v) is 9.35. The summed E-state index contributed by atoms with van der Waals surface area (Å²) in [6, 6.07) is 10.1. The smallest absolute Gasteiger partial charge is 0.410 e. The molecule has 1 N–H and O–H groups in total. The van der Waals surface area contributed by atoms with Crippen molar-refractivity contribution in [1.82, 2.24) is 4.90 Å². The molecule has 3 unspecified atom stereocenters. The van der Waals surface area contributed by atoms with Crippen LogP contribution in [0.2, 0.25) is 0 Å². The lowest BCUT2D eigenvalue weighted by molar-refractivity contribution is 0.0155. The number of piperidine rings is 1. The Morgan fingerprint density at radius 3 is 2.54 bits per heavy atom. The first kappa shape index (κ1) is 21.1. The second kappa shape index (κ2) is 9.27. The predicted molar refractivity (Wildman–Crippen MR) is 109 cm³/mol. The molecular weight excluding hydrogens is 354 g/mol. The molecule has 0 spiro atoms. The molecular formula is C23H35NO4. The van der Waals surface area contributed by atoms with E-state index in [0.29, 0.717) is 31.0 Å². The zero-order valence-corrected chi connectivity index (χ0v) is 17.5. The molecule has 0 aromatic heterocycles. The Hall–Kier alpha value is -1.59. The fourth-order valence-electron chi connectivity index (χ4n) is 4.26. The van der Waals surface area contributed by atoms with Crippen molar-refractivity contribution in [3.8, 4) is 0 Å². The summed E-state index contributed by atoms with van der Waals surface area (Å²) in [5.74, 6) is 1.97. The van der Waals surface area contributed by atoms with Gasteiger partial charge < -0.3 is 19.5 Å². The summed E-state index contributed by atoms with van der Waals surface area (Å²) in [6.45, 7) is 8.23. The number of aliphatic hydroxyl groups excluding tert-OH is 1. The standard InChI is InChI=1S/C23H35NO4/c1-23(2,3)28-22(26)24-11-9-18(10-12-24)21-14-19(21)13-20(25)16-27-15-17-7-5-4-6-8-17/h4-8,18-21,25H,9-16H2,1-3H3. The third kappa shape index (κ3) is 6.49. The van der Waals surface area contributed by atoms with Crippen molar-refractivity contribution in [1.29, 1.82) is 0 Å². The van der Waals surface area contributed by atoms with E-state index >= 15 is 0 Å². The quantitative estimate of drug-likeness (QED) is 0.758. The number of benzene rings is 1. The van der Waals surface area contributed by atoms with Gasteiger partial charge in [-0.3, -0.25) is 0 Å². The summed E-state index contributed by atoms with van der Waals surface area (Å²) in [4.78, 5) is 14.0. The van der Waals surface area contributed by atoms with Gasteiger partial charge >= 0.3 is 6.09 Å². The van der Waals surface area contributed by atoms with E-state index in [1.54, 1.807) is 0 Å². The highest BCUT2D eigenvalue weighted by molar-refractivity contribution is 5.68. The van der Waals surface area contributed by atoms with Gasteiger partial charge in [-0.1, -0.05) is 30.3 Å². The minimum absolute atomic E-state index is 0.190. The Bertz CT molecular complexity index is 619. The van der Waals surface area contributed by atoms with Crippen molar-refractivity contribution in [2.75, 3.05) is 19.7 Å². The van der Waals surface area contributed by atoms with Gasteiger partial charge in [0.1, 0.15) is 5.60 Å². The highest BCUT2D eigenvalue weighted by atomic mass is 16.6. The minimum atomic E-state index is -0.436. The lowest BCUT2D eigenvalue weighted by atomic mass is 9.90. The largest absolute Gasteiger partial charge is 0.444 e. The molecule has 1 aliphatic carbocycles. The van der Waals surface area contributed by atoms with Gasteiger partial charge in [-0.15, -0.1) is 0 Å². The molecule has 5 nitrogen and oxygen atoms in total. The van der Waals surface area contributed by atoms with E-state index in [1.165, 1.54) is 6.42 Å². The van der Waals surface area contributed by atoms with Gasteiger partial charge in [0.2, 0.25) is 0 Å². The number of carbonyl (C=O) groups is 1. The summed E-state index contributed by atoms with van der Waals surface area (Å²) in [7, 11) is 0. The molecule has 156 valence electrons. The first-order valence-electron chi connectivity index (χ1n) is 10.6. The maximum Gasteiger partial charge on any atom is 0.410 e. The highest BCUT2D eigenvalue weighted by Gasteiger charge is 2.44. The van der Waals surface area contributed by atoms with E-state index in [0.717, 1.165) is 37.9 Å². The van der Waals surface area contributed by atoms with Crippen LogP contribution in [0.25, 0.3) is 0 Å². The third-order valence-corrected chi connectivity index (χ3v) is 5.77. The van der Waals surface area contributed by atoms with Crippen LogP contribution < -0.4 is 0 Å². The third-order valence-electron chi connectivity index (χ3n) is 5.77. The average Bonchev–Trinajstić information content (AvgIpc) is 3.40. The first-order chi connectivity index (χ1) is 13.3. The molecule has 2 aliphatic rings. The Morgan fingerprint density at radius 2 is 1.89 bits per heavy atom. The molecule has 3 atom stereocenters. The van der Waals surface area contributed by atoms with E-state index in [1.807, 2.05) is 56.0 Å². The van der Waals surface area contributed by atoms with Crippen molar-refractivity contribution in [2.24, 2.45) is 17.8 Å². The Kier molecular flexibility index (Phi) is 7.00. The second-order valence-electron chi connectivity index (χ2n) is 9.35. The molecule has 1 aliphatic heterocycles. The first-order valence-corrected chi connectivity index (χ1v) is 10.6. The van der Waals surface area contributed by atoms with Gasteiger partial charge in [0.05, 0.1) is 19.3 Å². The van der Waals surface area contributed by atoms with Crippen molar-refractivity contribution in [3.05, 3.63) is 35.9 Å². The molecule has 3 rings (SSSR count). The molecule has 2 fully saturated rings. The zero-order chi connectivity index (χ0) is 20.1. The highest BCUT2D eigenvalue weighted by Crippen LogP contribution is 2.50. The van der Waals surface area contributed by atoms with E-state index in [4.69, 9.17) is 9.47 Å². The number of nitrogens with zero attached hydrogens (tertiary/aromatic N) is 1. The number of carbonyl (C=O) groups excluding carboxylic acids is 1. The number of rotatable bonds is 7. The average molecular weight is 390 g/mol. The molecule has 1 amide bonds. The van der Waals surface area contributed by atoms with Gasteiger partial charge in [0.25, 0.3) is 0 Å². The Morgan fingerprint density at radius 1 is 1.21 bits per heavy atom. The van der Waals surface area contributed by atoms with Crippen LogP contribution in [0.4, 0.5) is 4.79 Å². The summed E-state index contributed by atoms with van der Waals surface area (Å²) in [6.07, 6.45) is 3.53. The lowest BCUT2D eigenvalue weighted by Crippen LogP contribution is -2.42. The zero-order valence-electron chi connectivity index (χ0n) is 17.5. The van der Waals surface area contributed by atoms with E-state index in [9.17, 15) is 9.90 Å². The Balaban J connectivity index is 1.31. The van der Waals surface area contributed by atoms with Crippen LogP contribution in [0.3, 0.4) is 0 Å². The molecule has 1 heterocycles. The van der Waals surface area contributed by atoms with Gasteiger partial charge in [-0.2, -0.15) is 0 Å². The van der Waals surface area contributed by atoms with Gasteiger partial charge in [-0.25, -0.2) is 4.79 Å². The number of amides is 1. The minimum Gasteiger partial charge on any atom is -0.444 e. The number of hydrogen-bond donors (Lipinski definition) is 1. The number of hydrogen-bond acceptors (Lipinski definition) is 4. The van der Waals surface area contributed by atoms with E-state index in [-0.39, 0.29) is 12.2 Å². The van der Waals surface area contributed by atoms with Crippen LogP contribution in [0, 0.1) is 17.8 Å². The normalized spacial score (nSPS) is 24.1. The van der Waals surface area contributed by atoms with Crippen LogP contribution in [-0.2, 0) is 16.1 Å². The fraction of sp³-hybridized carbons (Fsp3) is 0.696. The summed E-state index contributed by atoms with van der Waals surface area (Å²) in [5.41, 5.74) is 0.699. The van der Waals surface area contributed by atoms with Crippen molar-refractivity contribution < 1.29 is 19.4 Å². The van der Waals surface area contributed by atoms with Crippen LogP contribution in [0.5, 0.6) is 0 Å². The van der Waals surface area contributed by atoms with Crippen molar-refractivity contribution in [2.45, 2.75) is 64.8 Å².